The molecule has 1 aromatic heterocycles. The zero-order valence-electron chi connectivity index (χ0n) is 12.6. The maximum atomic E-state index is 11.5. The molecule has 0 radical (unpaired) electrons. The highest BCUT2D eigenvalue weighted by atomic mass is 32.1. The molecule has 2 aromatic rings. The lowest BCUT2D eigenvalue weighted by Gasteiger charge is -2.08. The molecule has 0 saturated heterocycles. The van der Waals surface area contributed by atoms with Gasteiger partial charge in [-0.3, -0.25) is 4.79 Å². The van der Waals surface area contributed by atoms with Gasteiger partial charge in [0, 0.05) is 10.9 Å². The summed E-state index contributed by atoms with van der Waals surface area (Å²) in [6, 6.07) is 5.76. The number of carbonyl (C=O) groups is 1. The normalized spacial score (nSPS) is 12.2. The number of rotatable bonds is 5. The molecule has 0 saturated carbocycles. The summed E-state index contributed by atoms with van der Waals surface area (Å²) >= 11 is 1.56. The smallest absolute Gasteiger partial charge is 0.307 e. The Morgan fingerprint density at radius 1 is 1.38 bits per heavy atom. The molecule has 0 aliphatic heterocycles. The fourth-order valence-corrected chi connectivity index (χ4v) is 3.28. The van der Waals surface area contributed by atoms with E-state index in [0.29, 0.717) is 6.61 Å². The number of nitrogens with zero attached hydrogens (tertiary/aromatic N) is 1. The Kier molecular flexibility index (Phi) is 5.09. The summed E-state index contributed by atoms with van der Waals surface area (Å²) in [6.07, 6.45) is 0.157. The number of ether oxygens (including phenoxy) is 1. The van der Waals surface area contributed by atoms with Gasteiger partial charge in [0.05, 0.1) is 24.8 Å². The highest BCUT2D eigenvalue weighted by molar-refractivity contribution is 7.13. The van der Waals surface area contributed by atoms with Gasteiger partial charge in [0.15, 0.2) is 0 Å². The summed E-state index contributed by atoms with van der Waals surface area (Å²) in [7, 11) is 0. The minimum atomic E-state index is -0.418. The third-order valence-electron chi connectivity index (χ3n) is 3.29. The first-order valence-electron chi connectivity index (χ1n) is 6.96. The molecule has 112 valence electrons. The first-order valence-corrected chi connectivity index (χ1v) is 7.84. The SMILES string of the molecule is CCOC(=O)C[C@H](N)c1csc(-c2c(C)cccc2C)n1. The minimum Gasteiger partial charge on any atom is -0.466 e. The summed E-state index contributed by atoms with van der Waals surface area (Å²) in [4.78, 5) is 16.1. The third-order valence-corrected chi connectivity index (χ3v) is 4.17. The van der Waals surface area contributed by atoms with Crippen LogP contribution in [0.25, 0.3) is 10.6 Å². The first-order chi connectivity index (χ1) is 10.0. The molecule has 0 fully saturated rings. The fraction of sp³-hybridized carbons (Fsp3) is 0.375. The average molecular weight is 304 g/mol. The van der Waals surface area contributed by atoms with E-state index >= 15 is 0 Å². The Hall–Kier alpha value is -1.72. The molecule has 0 unspecified atom stereocenters. The molecule has 2 rings (SSSR count). The number of aromatic nitrogens is 1. The van der Waals surface area contributed by atoms with Gasteiger partial charge >= 0.3 is 5.97 Å². The van der Waals surface area contributed by atoms with Crippen LogP contribution in [0.1, 0.15) is 36.2 Å². The molecule has 21 heavy (non-hydrogen) atoms. The molecule has 0 spiro atoms. The van der Waals surface area contributed by atoms with Crippen molar-refractivity contribution < 1.29 is 9.53 Å². The van der Waals surface area contributed by atoms with Crippen molar-refractivity contribution in [2.75, 3.05) is 6.61 Å². The van der Waals surface area contributed by atoms with Crippen LogP contribution in [0.4, 0.5) is 0 Å². The van der Waals surface area contributed by atoms with E-state index in [0.717, 1.165) is 16.3 Å². The number of hydrogen-bond acceptors (Lipinski definition) is 5. The number of nitrogens with two attached hydrogens (primary N) is 1. The van der Waals surface area contributed by atoms with Crippen molar-refractivity contribution in [3.8, 4) is 10.6 Å². The maximum absolute atomic E-state index is 11.5. The Morgan fingerprint density at radius 2 is 2.05 bits per heavy atom. The molecule has 1 aromatic carbocycles. The van der Waals surface area contributed by atoms with Crippen molar-refractivity contribution >= 4 is 17.3 Å². The zero-order chi connectivity index (χ0) is 15.4. The summed E-state index contributed by atoms with van der Waals surface area (Å²) < 4.78 is 4.92. The van der Waals surface area contributed by atoms with Crippen LogP contribution in [-0.2, 0) is 9.53 Å². The van der Waals surface area contributed by atoms with Crippen LogP contribution < -0.4 is 5.73 Å². The summed E-state index contributed by atoms with van der Waals surface area (Å²) in [5.41, 5.74) is 10.3. The van der Waals surface area contributed by atoms with Crippen molar-refractivity contribution in [2.24, 2.45) is 5.73 Å². The minimum absolute atomic E-state index is 0.157. The first kappa shape index (κ1) is 15.7. The quantitative estimate of drug-likeness (QED) is 0.860. The Labute approximate surface area is 129 Å². The van der Waals surface area contributed by atoms with Gasteiger partial charge in [0.2, 0.25) is 0 Å². The van der Waals surface area contributed by atoms with Crippen LogP contribution >= 0.6 is 11.3 Å². The molecule has 0 amide bonds. The van der Waals surface area contributed by atoms with E-state index in [9.17, 15) is 4.79 Å². The van der Waals surface area contributed by atoms with E-state index < -0.39 is 6.04 Å². The molecule has 0 aliphatic carbocycles. The average Bonchev–Trinajstić information content (AvgIpc) is 2.88. The van der Waals surface area contributed by atoms with E-state index in [1.807, 2.05) is 11.4 Å². The van der Waals surface area contributed by atoms with Crippen molar-refractivity contribution in [1.29, 1.82) is 0 Å². The number of carbonyl (C=O) groups excluding carboxylic acids is 1. The molecular formula is C16H20N2O2S. The summed E-state index contributed by atoms with van der Waals surface area (Å²) in [5.74, 6) is -0.286. The van der Waals surface area contributed by atoms with Crippen LogP contribution in [0.15, 0.2) is 23.6 Å². The van der Waals surface area contributed by atoms with Crippen LogP contribution in [0, 0.1) is 13.8 Å². The molecule has 4 nitrogen and oxygen atoms in total. The standard InChI is InChI=1S/C16H20N2O2S/c1-4-20-14(19)8-12(17)13-9-21-16(18-13)15-10(2)6-5-7-11(15)3/h5-7,9,12H,4,8,17H2,1-3H3/t12-/m0/s1. The number of hydrogen-bond donors (Lipinski definition) is 1. The lowest BCUT2D eigenvalue weighted by atomic mass is 10.0. The van der Waals surface area contributed by atoms with Gasteiger partial charge in [-0.1, -0.05) is 18.2 Å². The third kappa shape index (κ3) is 3.68. The topological polar surface area (TPSA) is 65.2 Å². The number of aryl methyl sites for hydroxylation is 2. The summed E-state index contributed by atoms with van der Waals surface area (Å²) in [6.45, 7) is 6.30. The second kappa shape index (κ2) is 6.83. The monoisotopic (exact) mass is 304 g/mol. The van der Waals surface area contributed by atoms with Crippen molar-refractivity contribution in [2.45, 2.75) is 33.2 Å². The second-order valence-electron chi connectivity index (χ2n) is 4.96. The predicted octanol–water partition coefficient (Wildman–Crippen LogP) is 3.38. The van der Waals surface area contributed by atoms with Gasteiger partial charge in [0.1, 0.15) is 5.01 Å². The number of esters is 1. The Morgan fingerprint density at radius 3 is 2.67 bits per heavy atom. The fourth-order valence-electron chi connectivity index (χ4n) is 2.23. The molecule has 0 bridgehead atoms. The van der Waals surface area contributed by atoms with Crippen LogP contribution in [0.3, 0.4) is 0 Å². The number of benzene rings is 1. The van der Waals surface area contributed by atoms with Gasteiger partial charge in [-0.2, -0.15) is 0 Å². The number of thiazole rings is 1. The van der Waals surface area contributed by atoms with Crippen LogP contribution in [0.5, 0.6) is 0 Å². The van der Waals surface area contributed by atoms with Crippen LogP contribution in [-0.4, -0.2) is 17.6 Å². The van der Waals surface area contributed by atoms with Crippen molar-refractivity contribution in [3.05, 3.63) is 40.4 Å². The highest BCUT2D eigenvalue weighted by Gasteiger charge is 2.17. The Bertz CT molecular complexity index is 617. The maximum Gasteiger partial charge on any atom is 0.307 e. The van der Waals surface area contributed by atoms with Crippen LogP contribution in [0.2, 0.25) is 0 Å². The molecule has 0 aliphatic rings. The Balaban J connectivity index is 2.20. The van der Waals surface area contributed by atoms with Crippen molar-refractivity contribution in [3.63, 3.8) is 0 Å². The van der Waals surface area contributed by atoms with Gasteiger partial charge < -0.3 is 10.5 Å². The molecule has 5 heteroatoms. The largest absolute Gasteiger partial charge is 0.466 e. The highest BCUT2D eigenvalue weighted by Crippen LogP contribution is 2.31. The molecular weight excluding hydrogens is 284 g/mol. The molecule has 1 atom stereocenters. The molecule has 2 N–H and O–H groups in total. The van der Waals surface area contributed by atoms with E-state index in [2.05, 4.69) is 31.0 Å². The van der Waals surface area contributed by atoms with Gasteiger partial charge in [-0.25, -0.2) is 4.98 Å². The second-order valence-corrected chi connectivity index (χ2v) is 5.82. The summed E-state index contributed by atoms with van der Waals surface area (Å²) in [5, 5.41) is 2.87. The predicted molar refractivity (Wildman–Crippen MR) is 85.2 cm³/mol. The van der Waals surface area contributed by atoms with E-state index in [1.54, 1.807) is 18.3 Å². The lowest BCUT2D eigenvalue weighted by molar-refractivity contribution is -0.143. The van der Waals surface area contributed by atoms with Gasteiger partial charge in [-0.15, -0.1) is 11.3 Å². The van der Waals surface area contributed by atoms with Gasteiger partial charge in [-0.05, 0) is 31.9 Å². The molecule has 1 heterocycles. The van der Waals surface area contributed by atoms with Crippen molar-refractivity contribution in [1.82, 2.24) is 4.98 Å². The van der Waals surface area contributed by atoms with E-state index in [4.69, 9.17) is 10.5 Å². The van der Waals surface area contributed by atoms with Gasteiger partial charge in [0.25, 0.3) is 0 Å². The lowest BCUT2D eigenvalue weighted by Crippen LogP contribution is -2.17. The van der Waals surface area contributed by atoms with E-state index in [-0.39, 0.29) is 12.4 Å². The van der Waals surface area contributed by atoms with E-state index in [1.165, 1.54) is 11.1 Å². The zero-order valence-corrected chi connectivity index (χ0v) is 13.4.